The van der Waals surface area contributed by atoms with Gasteiger partial charge in [0.2, 0.25) is 6.41 Å². The van der Waals surface area contributed by atoms with Crippen molar-refractivity contribution in [2.75, 3.05) is 31.6 Å². The average Bonchev–Trinajstić information content (AvgIpc) is 3.36. The summed E-state index contributed by atoms with van der Waals surface area (Å²) in [4.78, 5) is 35.2. The molecule has 4 aromatic rings. The number of carbonyl (C=O) groups is 2. The first kappa shape index (κ1) is 28.0. The van der Waals surface area contributed by atoms with Crippen molar-refractivity contribution in [1.29, 1.82) is 0 Å². The van der Waals surface area contributed by atoms with Crippen molar-refractivity contribution in [3.63, 3.8) is 0 Å². The van der Waals surface area contributed by atoms with Crippen LogP contribution in [0, 0.1) is 5.92 Å². The number of nitrogens with zero attached hydrogens (tertiary/aromatic N) is 4. The summed E-state index contributed by atoms with van der Waals surface area (Å²) in [5.74, 6) is 1.73. The lowest BCUT2D eigenvalue weighted by molar-refractivity contribution is -0.119. The van der Waals surface area contributed by atoms with E-state index < -0.39 is 0 Å². The van der Waals surface area contributed by atoms with E-state index in [-0.39, 0.29) is 6.04 Å². The molecule has 0 spiro atoms. The summed E-state index contributed by atoms with van der Waals surface area (Å²) in [5.41, 5.74) is 3.11. The standard InChI is InChI=1S/C31H31BrN4O3S/c1-21(35(2)31-27(7-4-14-37)28-16-25(32)8-9-29(28)40-31)23-5-3-6-24(15-23)30-33-17-26(18-34-30)39-19-22-10-12-36(20-38)13-11-22/h3-9,14-18,20-22H,10-13,19H2,1-2H3/b7-4-. The highest BCUT2D eigenvalue weighted by Crippen LogP contribution is 2.42. The van der Waals surface area contributed by atoms with Crippen molar-refractivity contribution in [3.05, 3.63) is 76.5 Å². The SMILES string of the molecule is CC(c1cccc(-c2ncc(OCC3CCN(C=O)CC3)cn2)c1)N(C)c1sc2ccc(Br)cc2c1/C=C\C=O. The molecular weight excluding hydrogens is 588 g/mol. The first-order chi connectivity index (χ1) is 19.5. The molecule has 1 atom stereocenters. The van der Waals surface area contributed by atoms with Crippen molar-refractivity contribution in [3.8, 4) is 17.1 Å². The van der Waals surface area contributed by atoms with Gasteiger partial charge in [-0.3, -0.25) is 9.59 Å². The maximum absolute atomic E-state index is 11.1. The highest BCUT2D eigenvalue weighted by Gasteiger charge is 2.21. The van der Waals surface area contributed by atoms with Crippen LogP contribution >= 0.6 is 27.3 Å². The van der Waals surface area contributed by atoms with Gasteiger partial charge in [0.1, 0.15) is 6.29 Å². The van der Waals surface area contributed by atoms with Crippen LogP contribution in [0.1, 0.15) is 36.9 Å². The molecule has 206 valence electrons. The number of ether oxygens (including phenoxy) is 1. The fourth-order valence-corrected chi connectivity index (χ4v) is 6.52. The number of anilines is 1. The molecule has 2 aromatic heterocycles. The van der Waals surface area contributed by atoms with Gasteiger partial charge in [-0.05, 0) is 67.7 Å². The Balaban J connectivity index is 1.30. The molecule has 0 radical (unpaired) electrons. The van der Waals surface area contributed by atoms with Gasteiger partial charge in [-0.25, -0.2) is 9.97 Å². The van der Waals surface area contributed by atoms with Crippen LogP contribution < -0.4 is 9.64 Å². The lowest BCUT2D eigenvalue weighted by Crippen LogP contribution is -2.34. The number of benzene rings is 2. The Hall–Kier alpha value is -3.56. The summed E-state index contributed by atoms with van der Waals surface area (Å²) < 4.78 is 8.12. The minimum Gasteiger partial charge on any atom is -0.490 e. The number of hydrogen-bond donors (Lipinski definition) is 0. The van der Waals surface area contributed by atoms with E-state index in [0.29, 0.717) is 24.1 Å². The van der Waals surface area contributed by atoms with Gasteiger partial charge in [0.05, 0.1) is 30.0 Å². The Bertz CT molecular complexity index is 1510. The largest absolute Gasteiger partial charge is 0.490 e. The smallest absolute Gasteiger partial charge is 0.209 e. The fraction of sp³-hybridized carbons (Fsp3) is 0.290. The first-order valence-corrected chi connectivity index (χ1v) is 14.9. The van der Waals surface area contributed by atoms with Crippen LogP contribution in [0.4, 0.5) is 5.00 Å². The molecule has 1 saturated heterocycles. The number of carbonyl (C=O) groups excluding carboxylic acids is 2. The van der Waals surface area contributed by atoms with E-state index in [1.807, 2.05) is 29.2 Å². The quantitative estimate of drug-likeness (QED) is 0.144. The van der Waals surface area contributed by atoms with E-state index in [9.17, 15) is 9.59 Å². The van der Waals surface area contributed by atoms with E-state index in [0.717, 1.165) is 70.2 Å². The molecule has 3 heterocycles. The van der Waals surface area contributed by atoms with Crippen LogP contribution in [0.2, 0.25) is 0 Å². The van der Waals surface area contributed by atoms with E-state index >= 15 is 0 Å². The molecule has 9 heteroatoms. The van der Waals surface area contributed by atoms with E-state index in [4.69, 9.17) is 4.74 Å². The number of aldehydes is 1. The second-order valence-electron chi connectivity index (χ2n) is 10.0. The van der Waals surface area contributed by atoms with Crippen LogP contribution in [0.25, 0.3) is 27.6 Å². The predicted molar refractivity (Wildman–Crippen MR) is 165 cm³/mol. The maximum atomic E-state index is 11.1. The van der Waals surface area contributed by atoms with Gasteiger partial charge in [0.25, 0.3) is 0 Å². The van der Waals surface area contributed by atoms with Gasteiger partial charge in [-0.1, -0.05) is 34.1 Å². The number of hydrogen-bond acceptors (Lipinski definition) is 7. The van der Waals surface area contributed by atoms with Gasteiger partial charge in [0, 0.05) is 45.8 Å². The molecule has 1 fully saturated rings. The molecule has 0 aliphatic carbocycles. The number of thiophene rings is 1. The Morgan fingerprint density at radius 3 is 2.65 bits per heavy atom. The molecule has 7 nitrogen and oxygen atoms in total. The number of rotatable bonds is 10. The normalized spacial score (nSPS) is 14.9. The average molecular weight is 620 g/mol. The van der Waals surface area contributed by atoms with Crippen molar-refractivity contribution < 1.29 is 14.3 Å². The highest BCUT2D eigenvalue weighted by atomic mass is 79.9. The fourth-order valence-electron chi connectivity index (χ4n) is 4.95. The number of amides is 1. The van der Waals surface area contributed by atoms with Crippen LogP contribution in [0.15, 0.2) is 65.4 Å². The number of piperidine rings is 1. The lowest BCUT2D eigenvalue weighted by atomic mass is 9.98. The molecule has 1 aliphatic heterocycles. The number of aromatic nitrogens is 2. The Morgan fingerprint density at radius 1 is 1.15 bits per heavy atom. The molecule has 40 heavy (non-hydrogen) atoms. The highest BCUT2D eigenvalue weighted by molar-refractivity contribution is 9.10. The monoisotopic (exact) mass is 618 g/mol. The van der Waals surface area contributed by atoms with Crippen LogP contribution in [-0.4, -0.2) is 54.3 Å². The number of fused-ring (bicyclic) bond motifs is 1. The number of likely N-dealkylation sites (tertiary alicyclic amines) is 1. The summed E-state index contributed by atoms with van der Waals surface area (Å²) in [6.07, 6.45) is 10.5. The Labute approximate surface area is 246 Å². The molecule has 0 saturated carbocycles. The van der Waals surface area contributed by atoms with Crippen molar-refractivity contribution in [2.45, 2.75) is 25.8 Å². The minimum atomic E-state index is 0.0630. The second-order valence-corrected chi connectivity index (χ2v) is 12.0. The van der Waals surface area contributed by atoms with Gasteiger partial charge in [0.15, 0.2) is 11.6 Å². The molecule has 0 N–H and O–H groups in total. The third kappa shape index (κ3) is 6.26. The second kappa shape index (κ2) is 12.7. The lowest BCUT2D eigenvalue weighted by Gasteiger charge is -2.28. The van der Waals surface area contributed by atoms with E-state index in [2.05, 4.69) is 69.0 Å². The predicted octanol–water partition coefficient (Wildman–Crippen LogP) is 6.78. The molecular formula is C31H31BrN4O3S. The molecule has 5 rings (SSSR count). The van der Waals surface area contributed by atoms with Crippen molar-refractivity contribution >= 4 is 61.1 Å². The third-order valence-corrected chi connectivity index (χ3v) is 9.22. The molecule has 1 amide bonds. The topological polar surface area (TPSA) is 75.6 Å². The Kier molecular flexibility index (Phi) is 8.91. The van der Waals surface area contributed by atoms with Crippen molar-refractivity contribution in [2.24, 2.45) is 5.92 Å². The van der Waals surface area contributed by atoms with Crippen LogP contribution in [0.3, 0.4) is 0 Å². The summed E-state index contributed by atoms with van der Waals surface area (Å²) in [6, 6.07) is 14.6. The third-order valence-electron chi connectivity index (χ3n) is 7.45. The van der Waals surface area contributed by atoms with Crippen molar-refractivity contribution in [1.82, 2.24) is 14.9 Å². The van der Waals surface area contributed by atoms with Crippen LogP contribution in [-0.2, 0) is 9.59 Å². The van der Waals surface area contributed by atoms with E-state index in [1.54, 1.807) is 29.8 Å². The summed E-state index contributed by atoms with van der Waals surface area (Å²) in [7, 11) is 2.08. The molecule has 1 aliphatic rings. The minimum absolute atomic E-state index is 0.0630. The Morgan fingerprint density at radius 2 is 1.93 bits per heavy atom. The summed E-state index contributed by atoms with van der Waals surface area (Å²) >= 11 is 5.29. The van der Waals surface area contributed by atoms with Gasteiger partial charge in [-0.15, -0.1) is 11.3 Å². The number of allylic oxidation sites excluding steroid dienone is 1. The zero-order chi connectivity index (χ0) is 28.1. The number of halogens is 1. The zero-order valence-electron chi connectivity index (χ0n) is 22.5. The molecule has 0 bridgehead atoms. The summed E-state index contributed by atoms with van der Waals surface area (Å²) in [5, 5.41) is 2.21. The van der Waals surface area contributed by atoms with Gasteiger partial charge < -0.3 is 14.5 Å². The summed E-state index contributed by atoms with van der Waals surface area (Å²) in [6.45, 7) is 4.35. The maximum Gasteiger partial charge on any atom is 0.209 e. The zero-order valence-corrected chi connectivity index (χ0v) is 24.9. The van der Waals surface area contributed by atoms with Crippen LogP contribution in [0.5, 0.6) is 5.75 Å². The van der Waals surface area contributed by atoms with Gasteiger partial charge >= 0.3 is 0 Å². The molecule has 2 aromatic carbocycles. The van der Waals surface area contributed by atoms with E-state index in [1.165, 1.54) is 4.70 Å². The molecule has 1 unspecified atom stereocenters. The first-order valence-electron chi connectivity index (χ1n) is 13.3. The van der Waals surface area contributed by atoms with Gasteiger partial charge in [-0.2, -0.15) is 0 Å².